The maximum absolute atomic E-state index is 10.9. The maximum Gasteiger partial charge on any atom is 0.265 e. The van der Waals surface area contributed by atoms with Gasteiger partial charge in [0.25, 0.3) is 10.1 Å². The molecular formula is C9H10Cl2O3S. The highest BCUT2D eigenvalue weighted by molar-refractivity contribution is 7.86. The molecule has 0 saturated carbocycles. The van der Waals surface area contributed by atoms with E-state index in [-0.39, 0.29) is 5.88 Å². The molecular weight excluding hydrogens is 259 g/mol. The first kappa shape index (κ1) is 12.8. The molecule has 15 heavy (non-hydrogen) atoms. The minimum Gasteiger partial charge on any atom is -0.261 e. The SMILES string of the molecule is CS(=O)(=O)OC(CCl)c1cccc(Cl)c1. The number of halogens is 2. The van der Waals surface area contributed by atoms with Crippen LogP contribution < -0.4 is 0 Å². The van der Waals surface area contributed by atoms with Crippen molar-refractivity contribution in [2.24, 2.45) is 0 Å². The molecule has 0 saturated heterocycles. The Morgan fingerprint density at radius 1 is 1.47 bits per heavy atom. The van der Waals surface area contributed by atoms with Crippen LogP contribution in [0.1, 0.15) is 11.7 Å². The highest BCUT2D eigenvalue weighted by Crippen LogP contribution is 2.23. The lowest BCUT2D eigenvalue weighted by Crippen LogP contribution is -2.11. The minimum absolute atomic E-state index is 0.0490. The van der Waals surface area contributed by atoms with Crippen molar-refractivity contribution in [1.29, 1.82) is 0 Å². The Balaban J connectivity index is 2.93. The standard InChI is InChI=1S/C9H10Cl2O3S/c1-15(12,13)14-9(6-10)7-3-2-4-8(11)5-7/h2-5,9H,6H2,1H3. The average molecular weight is 269 g/mol. The van der Waals surface area contributed by atoms with E-state index in [9.17, 15) is 8.42 Å². The first-order valence-corrected chi connectivity index (χ1v) is 6.85. The van der Waals surface area contributed by atoms with Gasteiger partial charge < -0.3 is 0 Å². The molecule has 0 aliphatic heterocycles. The number of rotatable bonds is 4. The Morgan fingerprint density at radius 2 is 2.13 bits per heavy atom. The van der Waals surface area contributed by atoms with Gasteiger partial charge in [0.05, 0.1) is 12.1 Å². The fraction of sp³-hybridized carbons (Fsp3) is 0.333. The van der Waals surface area contributed by atoms with E-state index < -0.39 is 16.2 Å². The third kappa shape index (κ3) is 4.38. The van der Waals surface area contributed by atoms with E-state index in [1.165, 1.54) is 0 Å². The van der Waals surface area contributed by atoms with Gasteiger partial charge in [0, 0.05) is 5.02 Å². The van der Waals surface area contributed by atoms with Crippen LogP contribution in [0.25, 0.3) is 0 Å². The molecule has 1 rings (SSSR count). The summed E-state index contributed by atoms with van der Waals surface area (Å²) in [5, 5.41) is 0.514. The van der Waals surface area contributed by atoms with Gasteiger partial charge >= 0.3 is 0 Å². The second kappa shape index (κ2) is 5.16. The van der Waals surface area contributed by atoms with E-state index in [1.54, 1.807) is 24.3 Å². The Bertz CT molecular complexity index is 431. The molecule has 3 nitrogen and oxygen atoms in total. The largest absolute Gasteiger partial charge is 0.265 e. The molecule has 0 heterocycles. The molecule has 0 aromatic heterocycles. The van der Waals surface area contributed by atoms with Crippen LogP contribution >= 0.6 is 23.2 Å². The summed E-state index contributed by atoms with van der Waals surface area (Å²) in [6, 6.07) is 6.74. The topological polar surface area (TPSA) is 43.4 Å². The van der Waals surface area contributed by atoms with Crippen LogP contribution in [0.4, 0.5) is 0 Å². The molecule has 0 aliphatic carbocycles. The Morgan fingerprint density at radius 3 is 2.60 bits per heavy atom. The van der Waals surface area contributed by atoms with Gasteiger partial charge in [0.15, 0.2) is 0 Å². The smallest absolute Gasteiger partial charge is 0.261 e. The van der Waals surface area contributed by atoms with E-state index in [2.05, 4.69) is 0 Å². The predicted octanol–water partition coefficient (Wildman–Crippen LogP) is 2.60. The summed E-state index contributed by atoms with van der Waals surface area (Å²) in [7, 11) is -3.52. The summed E-state index contributed by atoms with van der Waals surface area (Å²) >= 11 is 11.4. The van der Waals surface area contributed by atoms with Gasteiger partial charge in [-0.25, -0.2) is 0 Å². The van der Waals surface area contributed by atoms with Crippen molar-refractivity contribution >= 4 is 33.3 Å². The second-order valence-electron chi connectivity index (χ2n) is 3.00. The lowest BCUT2D eigenvalue weighted by atomic mass is 10.1. The van der Waals surface area contributed by atoms with Crippen LogP contribution in [0, 0.1) is 0 Å². The van der Waals surface area contributed by atoms with Crippen molar-refractivity contribution in [2.45, 2.75) is 6.10 Å². The van der Waals surface area contributed by atoms with Gasteiger partial charge in [-0.2, -0.15) is 8.42 Å². The zero-order valence-electron chi connectivity index (χ0n) is 7.98. The molecule has 84 valence electrons. The Labute approximate surface area is 99.1 Å². The van der Waals surface area contributed by atoms with Crippen molar-refractivity contribution < 1.29 is 12.6 Å². The van der Waals surface area contributed by atoms with Crippen LogP contribution in [-0.2, 0) is 14.3 Å². The van der Waals surface area contributed by atoms with Crippen LogP contribution in [0.3, 0.4) is 0 Å². The van der Waals surface area contributed by atoms with E-state index in [0.717, 1.165) is 6.26 Å². The summed E-state index contributed by atoms with van der Waals surface area (Å²) in [6.07, 6.45) is 0.289. The molecule has 0 radical (unpaired) electrons. The molecule has 0 N–H and O–H groups in total. The highest BCUT2D eigenvalue weighted by Gasteiger charge is 2.16. The summed E-state index contributed by atoms with van der Waals surface area (Å²) in [5.74, 6) is 0.0490. The average Bonchev–Trinajstić information content (AvgIpc) is 2.13. The molecule has 0 aliphatic rings. The van der Waals surface area contributed by atoms with Gasteiger partial charge in [-0.15, -0.1) is 11.6 Å². The van der Waals surface area contributed by atoms with Gasteiger partial charge in [0.1, 0.15) is 6.10 Å². The monoisotopic (exact) mass is 268 g/mol. The first-order chi connectivity index (χ1) is 6.92. The fourth-order valence-corrected chi connectivity index (χ4v) is 2.20. The minimum atomic E-state index is -3.52. The van der Waals surface area contributed by atoms with Crippen LogP contribution in [0.2, 0.25) is 5.02 Å². The molecule has 6 heteroatoms. The third-order valence-electron chi connectivity index (χ3n) is 1.65. The van der Waals surface area contributed by atoms with E-state index >= 15 is 0 Å². The number of hydrogen-bond donors (Lipinski definition) is 0. The molecule has 0 spiro atoms. The van der Waals surface area contributed by atoms with Crippen molar-refractivity contribution in [1.82, 2.24) is 0 Å². The number of hydrogen-bond acceptors (Lipinski definition) is 3. The number of alkyl halides is 1. The quantitative estimate of drug-likeness (QED) is 0.623. The predicted molar refractivity (Wildman–Crippen MR) is 60.8 cm³/mol. The normalized spacial score (nSPS) is 13.8. The van der Waals surface area contributed by atoms with Gasteiger partial charge in [-0.3, -0.25) is 4.18 Å². The molecule has 0 amide bonds. The van der Waals surface area contributed by atoms with Gasteiger partial charge in [-0.1, -0.05) is 23.7 Å². The Hall–Kier alpha value is -0.290. The summed E-state index contributed by atoms with van der Waals surface area (Å²) in [4.78, 5) is 0. The van der Waals surface area contributed by atoms with Crippen molar-refractivity contribution in [3.05, 3.63) is 34.9 Å². The molecule has 1 unspecified atom stereocenters. The summed E-state index contributed by atoms with van der Waals surface area (Å²) < 4.78 is 26.7. The molecule has 1 atom stereocenters. The van der Waals surface area contributed by atoms with E-state index in [4.69, 9.17) is 27.4 Å². The summed E-state index contributed by atoms with van der Waals surface area (Å²) in [6.45, 7) is 0. The maximum atomic E-state index is 10.9. The van der Waals surface area contributed by atoms with Crippen LogP contribution in [0.15, 0.2) is 24.3 Å². The lowest BCUT2D eigenvalue weighted by molar-refractivity contribution is 0.240. The van der Waals surface area contributed by atoms with Crippen molar-refractivity contribution in [2.75, 3.05) is 12.1 Å². The van der Waals surface area contributed by atoms with Crippen LogP contribution in [0.5, 0.6) is 0 Å². The molecule has 1 aromatic rings. The molecule has 0 bridgehead atoms. The van der Waals surface area contributed by atoms with Crippen molar-refractivity contribution in [3.8, 4) is 0 Å². The zero-order valence-corrected chi connectivity index (χ0v) is 10.3. The zero-order chi connectivity index (χ0) is 11.5. The molecule has 0 fully saturated rings. The van der Waals surface area contributed by atoms with Crippen molar-refractivity contribution in [3.63, 3.8) is 0 Å². The fourth-order valence-electron chi connectivity index (χ4n) is 1.09. The second-order valence-corrected chi connectivity index (χ2v) is 5.34. The van der Waals surface area contributed by atoms with E-state index in [0.29, 0.717) is 10.6 Å². The lowest BCUT2D eigenvalue weighted by Gasteiger charge is -2.13. The Kier molecular flexibility index (Phi) is 4.40. The van der Waals surface area contributed by atoms with E-state index in [1.807, 2.05) is 0 Å². The summed E-state index contributed by atoms with van der Waals surface area (Å²) in [5.41, 5.74) is 0.642. The first-order valence-electron chi connectivity index (χ1n) is 4.12. The van der Waals surface area contributed by atoms with Gasteiger partial charge in [0.2, 0.25) is 0 Å². The highest BCUT2D eigenvalue weighted by atomic mass is 35.5. The number of benzene rings is 1. The van der Waals surface area contributed by atoms with Gasteiger partial charge in [-0.05, 0) is 17.7 Å². The third-order valence-corrected chi connectivity index (χ3v) is 2.75. The van der Waals surface area contributed by atoms with Crippen LogP contribution in [-0.4, -0.2) is 20.6 Å². The molecule has 1 aromatic carbocycles.